The Morgan fingerprint density at radius 1 is 1.37 bits per heavy atom. The van der Waals surface area contributed by atoms with Crippen LogP contribution in [0, 0.1) is 5.82 Å². The topological polar surface area (TPSA) is 38.0 Å². The Kier molecular flexibility index (Phi) is 3.71. The highest BCUT2D eigenvalue weighted by atomic mass is 19.1. The second kappa shape index (κ2) is 5.13. The molecule has 0 bridgehead atoms. The maximum absolute atomic E-state index is 13.2. The summed E-state index contributed by atoms with van der Waals surface area (Å²) >= 11 is 0. The zero-order valence-electron chi connectivity index (χ0n) is 11.5. The van der Waals surface area contributed by atoms with Gasteiger partial charge in [0.2, 0.25) is 0 Å². The largest absolute Gasteiger partial charge is 0.385 e. The van der Waals surface area contributed by atoms with Gasteiger partial charge in [-0.05, 0) is 44.5 Å². The minimum absolute atomic E-state index is 0.285. The van der Waals surface area contributed by atoms with E-state index in [9.17, 15) is 9.50 Å². The summed E-state index contributed by atoms with van der Waals surface area (Å²) in [5.41, 5.74) is 0.229. The molecule has 19 heavy (non-hydrogen) atoms. The van der Waals surface area contributed by atoms with Gasteiger partial charge in [-0.2, -0.15) is 5.10 Å². The monoisotopic (exact) mass is 262 g/mol. The molecule has 0 radical (unpaired) electrons. The highest BCUT2D eigenvalue weighted by Crippen LogP contribution is 2.25. The van der Waals surface area contributed by atoms with Crippen LogP contribution in [0.2, 0.25) is 0 Å². The molecular formula is C15H19FN2O. The molecule has 0 saturated heterocycles. The van der Waals surface area contributed by atoms with Gasteiger partial charge in [0.05, 0.1) is 11.3 Å². The molecule has 1 aromatic carbocycles. The molecule has 0 aliphatic heterocycles. The Bertz CT molecular complexity index is 561. The molecule has 3 nitrogen and oxygen atoms in total. The van der Waals surface area contributed by atoms with E-state index < -0.39 is 5.60 Å². The van der Waals surface area contributed by atoms with E-state index in [0.29, 0.717) is 12.0 Å². The van der Waals surface area contributed by atoms with E-state index in [2.05, 4.69) is 5.10 Å². The van der Waals surface area contributed by atoms with Crippen molar-refractivity contribution in [2.24, 2.45) is 0 Å². The maximum atomic E-state index is 13.2. The summed E-state index contributed by atoms with van der Waals surface area (Å²) in [5, 5.41) is 14.9. The molecule has 102 valence electrons. The van der Waals surface area contributed by atoms with Gasteiger partial charge < -0.3 is 5.11 Å². The van der Waals surface area contributed by atoms with Crippen LogP contribution in [0.15, 0.2) is 36.5 Å². The molecule has 4 heteroatoms. The van der Waals surface area contributed by atoms with E-state index in [4.69, 9.17) is 0 Å². The molecular weight excluding hydrogens is 243 g/mol. The highest BCUT2D eigenvalue weighted by molar-refractivity contribution is 5.24. The van der Waals surface area contributed by atoms with E-state index in [1.807, 2.05) is 30.8 Å². The fourth-order valence-electron chi connectivity index (χ4n) is 2.04. The van der Waals surface area contributed by atoms with Gasteiger partial charge in [-0.3, -0.25) is 4.68 Å². The fraction of sp³-hybridized carbons (Fsp3) is 0.400. The summed E-state index contributed by atoms with van der Waals surface area (Å²) < 4.78 is 15.1. The molecule has 1 aromatic heterocycles. The van der Waals surface area contributed by atoms with Crippen LogP contribution in [0.25, 0.3) is 0 Å². The molecule has 1 atom stereocenters. The first-order valence-electron chi connectivity index (χ1n) is 6.41. The first-order chi connectivity index (χ1) is 8.88. The molecule has 0 spiro atoms. The Balaban J connectivity index is 2.20. The molecule has 1 heterocycles. The molecule has 0 amide bonds. The number of halogens is 1. The predicted molar refractivity (Wildman–Crippen MR) is 72.3 cm³/mol. The first-order valence-corrected chi connectivity index (χ1v) is 6.41. The highest BCUT2D eigenvalue weighted by Gasteiger charge is 2.25. The van der Waals surface area contributed by atoms with Crippen molar-refractivity contribution in [3.8, 4) is 0 Å². The minimum Gasteiger partial charge on any atom is -0.385 e. The standard InChI is InChI=1S/C15H19FN2O/c1-11(2)18-8-7-14(17-18)10-15(3,19)12-5-4-6-13(16)9-12/h4-9,11,19H,10H2,1-3H3. The normalized spacial score (nSPS) is 14.6. The summed E-state index contributed by atoms with van der Waals surface area (Å²) in [4.78, 5) is 0. The van der Waals surface area contributed by atoms with Crippen LogP contribution in [-0.2, 0) is 12.0 Å². The Morgan fingerprint density at radius 2 is 2.11 bits per heavy atom. The molecule has 2 aromatic rings. The summed E-state index contributed by atoms with van der Waals surface area (Å²) in [7, 11) is 0. The van der Waals surface area contributed by atoms with E-state index in [1.54, 1.807) is 19.1 Å². The second-order valence-corrected chi connectivity index (χ2v) is 5.34. The summed E-state index contributed by atoms with van der Waals surface area (Å²) in [6.45, 7) is 5.76. The zero-order chi connectivity index (χ0) is 14.0. The van der Waals surface area contributed by atoms with E-state index >= 15 is 0 Å². The van der Waals surface area contributed by atoms with Crippen molar-refractivity contribution >= 4 is 0 Å². The van der Waals surface area contributed by atoms with Crippen molar-refractivity contribution in [3.63, 3.8) is 0 Å². The van der Waals surface area contributed by atoms with Gasteiger partial charge in [0.15, 0.2) is 0 Å². The lowest BCUT2D eigenvalue weighted by Crippen LogP contribution is -2.24. The van der Waals surface area contributed by atoms with Gasteiger partial charge >= 0.3 is 0 Å². The van der Waals surface area contributed by atoms with Crippen molar-refractivity contribution < 1.29 is 9.50 Å². The maximum Gasteiger partial charge on any atom is 0.123 e. The molecule has 0 saturated carbocycles. The van der Waals surface area contributed by atoms with E-state index in [-0.39, 0.29) is 11.9 Å². The SMILES string of the molecule is CC(C)n1ccc(CC(C)(O)c2cccc(F)c2)n1. The molecule has 2 rings (SSSR count). The Morgan fingerprint density at radius 3 is 2.68 bits per heavy atom. The van der Waals surface area contributed by atoms with E-state index in [0.717, 1.165) is 5.69 Å². The summed E-state index contributed by atoms with van der Waals surface area (Å²) in [6, 6.07) is 8.22. The van der Waals surface area contributed by atoms with Crippen LogP contribution < -0.4 is 0 Å². The number of nitrogens with zero attached hydrogens (tertiary/aromatic N) is 2. The summed E-state index contributed by atoms with van der Waals surface area (Å²) in [5.74, 6) is -0.342. The number of rotatable bonds is 4. The number of benzene rings is 1. The smallest absolute Gasteiger partial charge is 0.123 e. The van der Waals surface area contributed by atoms with Crippen LogP contribution in [0.5, 0.6) is 0 Å². The molecule has 0 aliphatic rings. The Labute approximate surface area is 112 Å². The first kappa shape index (κ1) is 13.7. The lowest BCUT2D eigenvalue weighted by molar-refractivity contribution is 0.0560. The number of hydrogen-bond acceptors (Lipinski definition) is 2. The van der Waals surface area contributed by atoms with Crippen molar-refractivity contribution in [2.75, 3.05) is 0 Å². The average molecular weight is 262 g/mol. The fourth-order valence-corrected chi connectivity index (χ4v) is 2.04. The third-order valence-electron chi connectivity index (χ3n) is 3.16. The minimum atomic E-state index is -1.13. The number of aromatic nitrogens is 2. The van der Waals surface area contributed by atoms with Gasteiger partial charge in [0.25, 0.3) is 0 Å². The van der Waals surface area contributed by atoms with Gasteiger partial charge in [-0.25, -0.2) is 4.39 Å². The van der Waals surface area contributed by atoms with Gasteiger partial charge in [0, 0.05) is 18.7 Å². The van der Waals surface area contributed by atoms with Crippen molar-refractivity contribution in [2.45, 2.75) is 38.8 Å². The lowest BCUT2D eigenvalue weighted by atomic mass is 9.91. The molecule has 1 unspecified atom stereocenters. The van der Waals surface area contributed by atoms with Crippen molar-refractivity contribution in [1.82, 2.24) is 9.78 Å². The van der Waals surface area contributed by atoms with Crippen LogP contribution >= 0.6 is 0 Å². The quantitative estimate of drug-likeness (QED) is 0.919. The third-order valence-corrected chi connectivity index (χ3v) is 3.16. The zero-order valence-corrected chi connectivity index (χ0v) is 11.5. The second-order valence-electron chi connectivity index (χ2n) is 5.34. The van der Waals surface area contributed by atoms with Crippen LogP contribution in [0.1, 0.15) is 38.1 Å². The van der Waals surface area contributed by atoms with Crippen molar-refractivity contribution in [3.05, 3.63) is 53.6 Å². The van der Waals surface area contributed by atoms with Crippen LogP contribution in [0.3, 0.4) is 0 Å². The molecule has 0 fully saturated rings. The van der Waals surface area contributed by atoms with Gasteiger partial charge in [0.1, 0.15) is 5.82 Å². The number of aliphatic hydroxyl groups is 1. The van der Waals surface area contributed by atoms with Gasteiger partial charge in [-0.1, -0.05) is 12.1 Å². The lowest BCUT2D eigenvalue weighted by Gasteiger charge is -2.23. The van der Waals surface area contributed by atoms with Crippen LogP contribution in [0.4, 0.5) is 4.39 Å². The number of hydrogen-bond donors (Lipinski definition) is 1. The Hall–Kier alpha value is -1.68. The van der Waals surface area contributed by atoms with Gasteiger partial charge in [-0.15, -0.1) is 0 Å². The van der Waals surface area contributed by atoms with Crippen molar-refractivity contribution in [1.29, 1.82) is 0 Å². The third kappa shape index (κ3) is 3.20. The predicted octanol–water partition coefficient (Wildman–Crippen LogP) is 3.05. The molecule has 0 aliphatic carbocycles. The van der Waals surface area contributed by atoms with Crippen LogP contribution in [-0.4, -0.2) is 14.9 Å². The molecule has 1 N–H and O–H groups in total. The average Bonchev–Trinajstić information content (AvgIpc) is 2.77. The summed E-state index contributed by atoms with van der Waals surface area (Å²) in [6.07, 6.45) is 2.25. The van der Waals surface area contributed by atoms with E-state index in [1.165, 1.54) is 12.1 Å².